The van der Waals surface area contributed by atoms with Gasteiger partial charge in [0.1, 0.15) is 5.56 Å². The number of rotatable bonds is 5. The lowest BCUT2D eigenvalue weighted by atomic mass is 9.93. The van der Waals surface area contributed by atoms with Crippen LogP contribution in [-0.2, 0) is 12.8 Å². The molecule has 0 radical (unpaired) electrons. The first kappa shape index (κ1) is 13.4. The van der Waals surface area contributed by atoms with Gasteiger partial charge in [0.2, 0.25) is 0 Å². The molecule has 0 aromatic heterocycles. The Kier molecular flexibility index (Phi) is 4.37. The first-order valence-corrected chi connectivity index (χ1v) is 5.82. The van der Waals surface area contributed by atoms with E-state index >= 15 is 0 Å². The molecule has 0 unspecified atom stereocenters. The number of aromatic carboxylic acids is 1. The predicted molar refractivity (Wildman–Crippen MR) is 64.7 cm³/mol. The van der Waals surface area contributed by atoms with E-state index in [0.29, 0.717) is 18.4 Å². The number of carboxylic acid groups (broad SMARTS) is 1. The summed E-state index contributed by atoms with van der Waals surface area (Å²) in [7, 11) is 0. The van der Waals surface area contributed by atoms with Crippen molar-refractivity contribution in [3.8, 4) is 11.5 Å². The van der Waals surface area contributed by atoms with Gasteiger partial charge in [-0.15, -0.1) is 0 Å². The summed E-state index contributed by atoms with van der Waals surface area (Å²) < 4.78 is 0. The van der Waals surface area contributed by atoms with Gasteiger partial charge in [-0.2, -0.15) is 0 Å². The topological polar surface area (TPSA) is 77.8 Å². The first-order valence-electron chi connectivity index (χ1n) is 5.82. The Bertz CT molecular complexity index is 424. The second-order valence-electron chi connectivity index (χ2n) is 4.06. The van der Waals surface area contributed by atoms with E-state index in [4.69, 9.17) is 5.11 Å². The summed E-state index contributed by atoms with van der Waals surface area (Å²) in [6, 6.07) is 1.47. The zero-order valence-corrected chi connectivity index (χ0v) is 10.2. The van der Waals surface area contributed by atoms with Crippen LogP contribution >= 0.6 is 0 Å². The third-order valence-electron chi connectivity index (χ3n) is 2.71. The first-order chi connectivity index (χ1) is 8.02. The summed E-state index contributed by atoms with van der Waals surface area (Å²) in [6.45, 7) is 3.94. The molecule has 0 atom stereocenters. The lowest BCUT2D eigenvalue weighted by Gasteiger charge is -2.14. The molecule has 1 rings (SSSR count). The predicted octanol–water partition coefficient (Wildman–Crippen LogP) is 2.70. The van der Waals surface area contributed by atoms with Crippen LogP contribution in [0.5, 0.6) is 11.5 Å². The number of phenols is 2. The maximum absolute atomic E-state index is 11.2. The second kappa shape index (κ2) is 5.57. The van der Waals surface area contributed by atoms with Crippen LogP contribution in [-0.4, -0.2) is 21.3 Å². The Balaban J connectivity index is 3.45. The van der Waals surface area contributed by atoms with Crippen LogP contribution in [0.1, 0.15) is 48.2 Å². The molecule has 4 nitrogen and oxygen atoms in total. The van der Waals surface area contributed by atoms with Crippen LogP contribution in [0.15, 0.2) is 6.07 Å². The number of hydrogen-bond acceptors (Lipinski definition) is 3. The minimum atomic E-state index is -1.20. The number of phenolic OH excluding ortho intramolecular Hbond substituents is 1. The fraction of sp³-hybridized carbons (Fsp3) is 0.462. The van der Waals surface area contributed by atoms with Crippen LogP contribution in [0.3, 0.4) is 0 Å². The molecule has 0 heterocycles. The Labute approximate surface area is 101 Å². The van der Waals surface area contributed by atoms with Gasteiger partial charge in [0.15, 0.2) is 11.5 Å². The summed E-state index contributed by atoms with van der Waals surface area (Å²) in [5.41, 5.74) is 1.29. The molecule has 0 aliphatic carbocycles. The number of carboxylic acids is 1. The minimum absolute atomic E-state index is 0.157. The van der Waals surface area contributed by atoms with E-state index in [1.165, 1.54) is 6.07 Å². The molecule has 0 aliphatic rings. The van der Waals surface area contributed by atoms with Crippen molar-refractivity contribution in [2.75, 3.05) is 0 Å². The van der Waals surface area contributed by atoms with Gasteiger partial charge in [0.05, 0.1) is 0 Å². The SMILES string of the molecule is CCCc1cc(O)c(O)c(C(=O)O)c1CCC. The van der Waals surface area contributed by atoms with Crippen molar-refractivity contribution >= 4 is 5.97 Å². The zero-order valence-electron chi connectivity index (χ0n) is 10.2. The molecular weight excluding hydrogens is 220 g/mol. The molecule has 0 aliphatic heterocycles. The standard InChI is InChI=1S/C13H18O4/c1-3-5-8-7-10(14)12(15)11(13(16)17)9(8)6-4-2/h7,14-15H,3-6H2,1-2H3,(H,16,17). The maximum Gasteiger partial charge on any atom is 0.339 e. The van der Waals surface area contributed by atoms with E-state index < -0.39 is 11.7 Å². The van der Waals surface area contributed by atoms with Gasteiger partial charge in [-0.25, -0.2) is 4.79 Å². The summed E-state index contributed by atoms with van der Waals surface area (Å²) in [5, 5.41) is 28.3. The Morgan fingerprint density at radius 2 is 1.76 bits per heavy atom. The fourth-order valence-corrected chi connectivity index (χ4v) is 2.01. The van der Waals surface area contributed by atoms with Crippen molar-refractivity contribution in [3.63, 3.8) is 0 Å². The van der Waals surface area contributed by atoms with Gasteiger partial charge < -0.3 is 15.3 Å². The Morgan fingerprint density at radius 3 is 2.24 bits per heavy atom. The summed E-state index contributed by atoms with van der Waals surface area (Å²) in [6.07, 6.45) is 2.94. The van der Waals surface area contributed by atoms with Crippen molar-refractivity contribution in [2.45, 2.75) is 39.5 Å². The van der Waals surface area contributed by atoms with Crippen molar-refractivity contribution in [1.29, 1.82) is 0 Å². The van der Waals surface area contributed by atoms with Gasteiger partial charge in [-0.05, 0) is 30.0 Å². The van der Waals surface area contributed by atoms with Crippen LogP contribution in [0.25, 0.3) is 0 Å². The molecule has 0 saturated carbocycles. The summed E-state index contributed by atoms with van der Waals surface area (Å²) >= 11 is 0. The summed E-state index contributed by atoms with van der Waals surface area (Å²) in [5.74, 6) is -2.08. The highest BCUT2D eigenvalue weighted by Crippen LogP contribution is 2.35. The van der Waals surface area contributed by atoms with Gasteiger partial charge in [-0.3, -0.25) is 0 Å². The van der Waals surface area contributed by atoms with E-state index in [2.05, 4.69) is 0 Å². The third kappa shape index (κ3) is 2.70. The monoisotopic (exact) mass is 238 g/mol. The number of aryl methyl sites for hydroxylation is 1. The number of carbonyl (C=O) groups is 1. The minimum Gasteiger partial charge on any atom is -0.504 e. The van der Waals surface area contributed by atoms with E-state index in [1.807, 2.05) is 13.8 Å². The number of benzene rings is 1. The van der Waals surface area contributed by atoms with Crippen LogP contribution in [0, 0.1) is 0 Å². The molecule has 3 N–H and O–H groups in total. The van der Waals surface area contributed by atoms with Crippen molar-refractivity contribution in [3.05, 3.63) is 22.8 Å². The molecule has 0 spiro atoms. The molecule has 0 saturated heterocycles. The van der Waals surface area contributed by atoms with Crippen LogP contribution in [0.4, 0.5) is 0 Å². The molecule has 17 heavy (non-hydrogen) atoms. The van der Waals surface area contributed by atoms with E-state index in [-0.39, 0.29) is 11.3 Å². The molecule has 94 valence electrons. The number of aromatic hydroxyl groups is 2. The molecule has 4 heteroatoms. The van der Waals surface area contributed by atoms with Gasteiger partial charge in [0, 0.05) is 0 Å². The number of hydrogen-bond donors (Lipinski definition) is 3. The molecule has 1 aromatic carbocycles. The van der Waals surface area contributed by atoms with Crippen molar-refractivity contribution < 1.29 is 20.1 Å². The highest BCUT2D eigenvalue weighted by Gasteiger charge is 2.21. The van der Waals surface area contributed by atoms with Gasteiger partial charge >= 0.3 is 5.97 Å². The normalized spacial score (nSPS) is 10.5. The maximum atomic E-state index is 11.2. The van der Waals surface area contributed by atoms with E-state index in [0.717, 1.165) is 18.4 Å². The van der Waals surface area contributed by atoms with Crippen molar-refractivity contribution in [1.82, 2.24) is 0 Å². The molecule has 0 amide bonds. The van der Waals surface area contributed by atoms with Gasteiger partial charge in [0.25, 0.3) is 0 Å². The van der Waals surface area contributed by atoms with Crippen LogP contribution in [0.2, 0.25) is 0 Å². The average molecular weight is 238 g/mol. The van der Waals surface area contributed by atoms with Crippen molar-refractivity contribution in [2.24, 2.45) is 0 Å². The Hall–Kier alpha value is -1.71. The molecule has 1 aromatic rings. The van der Waals surface area contributed by atoms with E-state index in [1.54, 1.807) is 0 Å². The largest absolute Gasteiger partial charge is 0.504 e. The molecule has 0 fully saturated rings. The highest BCUT2D eigenvalue weighted by atomic mass is 16.4. The lowest BCUT2D eigenvalue weighted by Crippen LogP contribution is -2.07. The van der Waals surface area contributed by atoms with Crippen LogP contribution < -0.4 is 0 Å². The molecular formula is C13H18O4. The van der Waals surface area contributed by atoms with E-state index in [9.17, 15) is 15.0 Å². The van der Waals surface area contributed by atoms with Gasteiger partial charge in [-0.1, -0.05) is 26.7 Å². The highest BCUT2D eigenvalue weighted by molar-refractivity contribution is 5.94. The molecule has 0 bridgehead atoms. The smallest absolute Gasteiger partial charge is 0.339 e. The third-order valence-corrected chi connectivity index (χ3v) is 2.71. The summed E-state index contributed by atoms with van der Waals surface area (Å²) in [4.78, 5) is 11.2. The average Bonchev–Trinajstić information content (AvgIpc) is 2.25. The quantitative estimate of drug-likeness (QED) is 0.689. The Morgan fingerprint density at radius 1 is 1.18 bits per heavy atom. The second-order valence-corrected chi connectivity index (χ2v) is 4.06. The fourth-order valence-electron chi connectivity index (χ4n) is 2.01. The lowest BCUT2D eigenvalue weighted by molar-refractivity contribution is 0.0691. The zero-order chi connectivity index (χ0) is 13.0.